The first-order valence-electron chi connectivity index (χ1n) is 7.06. The highest BCUT2D eigenvalue weighted by molar-refractivity contribution is 6.35. The highest BCUT2D eigenvalue weighted by atomic mass is 35.5. The maximum atomic E-state index is 6.33. The van der Waals surface area contributed by atoms with Crippen molar-refractivity contribution in [1.82, 2.24) is 9.55 Å². The molecule has 2 heterocycles. The molecule has 1 aromatic carbocycles. The van der Waals surface area contributed by atoms with Crippen LogP contribution in [-0.2, 0) is 19.9 Å². The zero-order chi connectivity index (χ0) is 14.6. The van der Waals surface area contributed by atoms with E-state index in [9.17, 15) is 0 Å². The molecule has 0 fully saturated rings. The topological polar surface area (TPSA) is 17.8 Å². The lowest BCUT2D eigenvalue weighted by Gasteiger charge is -2.06. The molecule has 0 N–H and O–H groups in total. The van der Waals surface area contributed by atoms with Crippen LogP contribution in [0.4, 0.5) is 0 Å². The minimum atomic E-state index is 0.465. The number of hydrogen-bond donors (Lipinski definition) is 0. The molecule has 1 aliphatic carbocycles. The molecule has 106 valence electrons. The number of pyridine rings is 1. The van der Waals surface area contributed by atoms with E-state index in [1.165, 1.54) is 34.9 Å². The number of rotatable bonds is 1. The van der Waals surface area contributed by atoms with Gasteiger partial charge in [0.25, 0.3) is 0 Å². The molecule has 3 aromatic rings. The van der Waals surface area contributed by atoms with E-state index in [-0.39, 0.29) is 0 Å². The van der Waals surface area contributed by atoms with Gasteiger partial charge in [0, 0.05) is 36.0 Å². The van der Waals surface area contributed by atoms with Crippen LogP contribution >= 0.6 is 23.2 Å². The van der Waals surface area contributed by atoms with E-state index in [0.29, 0.717) is 10.2 Å². The zero-order valence-corrected chi connectivity index (χ0v) is 13.2. The Labute approximate surface area is 133 Å². The second-order valence-electron chi connectivity index (χ2n) is 5.59. The lowest BCUT2D eigenvalue weighted by Crippen LogP contribution is -1.90. The Balaban J connectivity index is 2.05. The fraction of sp³-hybridized carbons (Fsp3) is 0.235. The molecule has 0 aliphatic heterocycles. The molecule has 4 rings (SSSR count). The van der Waals surface area contributed by atoms with Gasteiger partial charge in [-0.05, 0) is 36.5 Å². The summed E-state index contributed by atoms with van der Waals surface area (Å²) in [6.07, 6.45) is 7.35. The van der Waals surface area contributed by atoms with Crippen LogP contribution < -0.4 is 0 Å². The van der Waals surface area contributed by atoms with E-state index in [2.05, 4.69) is 34.9 Å². The van der Waals surface area contributed by atoms with Gasteiger partial charge in [-0.25, -0.2) is 4.98 Å². The fourth-order valence-corrected chi connectivity index (χ4v) is 3.79. The third kappa shape index (κ3) is 1.97. The molecule has 0 amide bonds. The second kappa shape index (κ2) is 4.75. The summed E-state index contributed by atoms with van der Waals surface area (Å²) in [5, 5.41) is 2.34. The maximum absolute atomic E-state index is 6.33. The average molecular weight is 317 g/mol. The summed E-state index contributed by atoms with van der Waals surface area (Å²) in [6.45, 7) is 0. The highest BCUT2D eigenvalue weighted by Gasteiger charge is 2.19. The molecule has 0 spiro atoms. The summed E-state index contributed by atoms with van der Waals surface area (Å²) < 4.78 is 2.21. The third-order valence-electron chi connectivity index (χ3n) is 4.33. The van der Waals surface area contributed by atoms with Crippen molar-refractivity contribution in [2.45, 2.75) is 19.3 Å². The molecule has 0 bridgehead atoms. The first kappa shape index (κ1) is 13.2. The predicted molar refractivity (Wildman–Crippen MR) is 88.2 cm³/mol. The summed E-state index contributed by atoms with van der Waals surface area (Å²) in [5.41, 5.74) is 6.35. The largest absolute Gasteiger partial charge is 0.350 e. The van der Waals surface area contributed by atoms with Gasteiger partial charge in [0.1, 0.15) is 5.15 Å². The molecule has 0 radical (unpaired) electrons. The Kier molecular flexibility index (Phi) is 2.98. The van der Waals surface area contributed by atoms with E-state index in [1.807, 2.05) is 6.07 Å². The van der Waals surface area contributed by atoms with Crippen LogP contribution in [0.25, 0.3) is 22.0 Å². The van der Waals surface area contributed by atoms with E-state index < -0.39 is 0 Å². The van der Waals surface area contributed by atoms with E-state index in [0.717, 1.165) is 17.5 Å². The van der Waals surface area contributed by atoms with Crippen LogP contribution in [0.2, 0.25) is 10.2 Å². The Morgan fingerprint density at radius 3 is 2.86 bits per heavy atom. The van der Waals surface area contributed by atoms with Gasteiger partial charge >= 0.3 is 0 Å². The molecular weight excluding hydrogens is 303 g/mol. The number of fused-ring (bicyclic) bond motifs is 3. The Bertz CT molecular complexity index is 865. The van der Waals surface area contributed by atoms with Gasteiger partial charge in [0.2, 0.25) is 0 Å². The van der Waals surface area contributed by atoms with Gasteiger partial charge in [-0.1, -0.05) is 35.3 Å². The van der Waals surface area contributed by atoms with Crippen molar-refractivity contribution in [3.05, 3.63) is 51.9 Å². The van der Waals surface area contributed by atoms with Crippen molar-refractivity contribution in [3.8, 4) is 11.1 Å². The van der Waals surface area contributed by atoms with Crippen LogP contribution in [0.1, 0.15) is 17.5 Å². The van der Waals surface area contributed by atoms with Crippen LogP contribution in [0, 0.1) is 0 Å². The van der Waals surface area contributed by atoms with Gasteiger partial charge < -0.3 is 4.57 Å². The number of halogens is 2. The SMILES string of the molecule is Cn1cc(-c2cc(Cl)ncc2Cl)c2ccc3c(c21)CCC3. The van der Waals surface area contributed by atoms with Gasteiger partial charge in [-0.2, -0.15) is 0 Å². The lowest BCUT2D eigenvalue weighted by molar-refractivity contribution is 0.905. The number of nitrogens with zero attached hydrogens (tertiary/aromatic N) is 2. The summed E-state index contributed by atoms with van der Waals surface area (Å²) >= 11 is 12.4. The van der Waals surface area contributed by atoms with Crippen LogP contribution in [0.15, 0.2) is 30.6 Å². The van der Waals surface area contributed by atoms with Crippen molar-refractivity contribution in [2.24, 2.45) is 7.05 Å². The molecular formula is C17H14Cl2N2. The Morgan fingerprint density at radius 1 is 1.14 bits per heavy atom. The summed E-state index contributed by atoms with van der Waals surface area (Å²) in [6, 6.07) is 6.30. The van der Waals surface area contributed by atoms with Crippen molar-refractivity contribution in [2.75, 3.05) is 0 Å². The fourth-order valence-electron chi connectivity index (χ4n) is 3.43. The molecule has 21 heavy (non-hydrogen) atoms. The molecule has 0 saturated heterocycles. The summed E-state index contributed by atoms with van der Waals surface area (Å²) in [7, 11) is 2.10. The number of aryl methyl sites for hydroxylation is 3. The third-order valence-corrected chi connectivity index (χ3v) is 4.84. The minimum absolute atomic E-state index is 0.465. The zero-order valence-electron chi connectivity index (χ0n) is 11.7. The van der Waals surface area contributed by atoms with Crippen LogP contribution in [0.3, 0.4) is 0 Å². The molecule has 4 heteroatoms. The molecule has 0 atom stereocenters. The Morgan fingerprint density at radius 2 is 2.00 bits per heavy atom. The van der Waals surface area contributed by atoms with Gasteiger partial charge in [-0.15, -0.1) is 0 Å². The first-order valence-corrected chi connectivity index (χ1v) is 7.82. The monoisotopic (exact) mass is 316 g/mol. The van der Waals surface area contributed by atoms with E-state index >= 15 is 0 Å². The second-order valence-corrected chi connectivity index (χ2v) is 6.39. The molecule has 2 nitrogen and oxygen atoms in total. The van der Waals surface area contributed by atoms with Crippen molar-refractivity contribution in [1.29, 1.82) is 0 Å². The van der Waals surface area contributed by atoms with Gasteiger partial charge in [-0.3, -0.25) is 0 Å². The minimum Gasteiger partial charge on any atom is -0.350 e. The quantitative estimate of drug-likeness (QED) is 0.575. The summed E-state index contributed by atoms with van der Waals surface area (Å²) in [4.78, 5) is 4.04. The van der Waals surface area contributed by atoms with Crippen molar-refractivity contribution < 1.29 is 0 Å². The summed E-state index contributed by atoms with van der Waals surface area (Å²) in [5.74, 6) is 0. The standard InChI is InChI=1S/C17H14Cl2N2/c1-21-9-14(13-7-16(19)20-8-15(13)18)12-6-5-10-3-2-4-11(10)17(12)21/h5-9H,2-4H2,1H3. The maximum Gasteiger partial charge on any atom is 0.129 e. The molecule has 0 unspecified atom stereocenters. The van der Waals surface area contributed by atoms with Crippen LogP contribution in [-0.4, -0.2) is 9.55 Å². The average Bonchev–Trinajstić information content (AvgIpc) is 3.05. The Hall–Kier alpha value is -1.51. The number of hydrogen-bond acceptors (Lipinski definition) is 1. The lowest BCUT2D eigenvalue weighted by atomic mass is 10.0. The van der Waals surface area contributed by atoms with Gasteiger partial charge in [0.15, 0.2) is 0 Å². The number of aromatic nitrogens is 2. The number of benzene rings is 1. The normalized spacial score (nSPS) is 13.9. The van der Waals surface area contributed by atoms with Gasteiger partial charge in [0.05, 0.1) is 10.5 Å². The van der Waals surface area contributed by atoms with Crippen LogP contribution in [0.5, 0.6) is 0 Å². The first-order chi connectivity index (χ1) is 10.1. The van der Waals surface area contributed by atoms with Crippen molar-refractivity contribution >= 4 is 34.1 Å². The highest BCUT2D eigenvalue weighted by Crippen LogP contribution is 2.39. The smallest absolute Gasteiger partial charge is 0.129 e. The molecule has 1 aliphatic rings. The molecule has 0 saturated carbocycles. The predicted octanol–water partition coefficient (Wildman–Crippen LogP) is 5.04. The molecule has 2 aromatic heterocycles. The van der Waals surface area contributed by atoms with Crippen molar-refractivity contribution in [3.63, 3.8) is 0 Å². The van der Waals surface area contributed by atoms with E-state index in [4.69, 9.17) is 23.2 Å². The van der Waals surface area contributed by atoms with E-state index in [1.54, 1.807) is 6.20 Å².